The summed E-state index contributed by atoms with van der Waals surface area (Å²) in [6.07, 6.45) is 3.39. The number of amides is 1. The lowest BCUT2D eigenvalue weighted by Gasteiger charge is -2.28. The third-order valence-electron chi connectivity index (χ3n) is 5.44. The molecule has 9 heteroatoms. The Morgan fingerprint density at radius 1 is 1.00 bits per heavy atom. The second-order valence-electron chi connectivity index (χ2n) is 8.06. The molecule has 0 aromatic heterocycles. The highest BCUT2D eigenvalue weighted by Gasteiger charge is 2.28. The van der Waals surface area contributed by atoms with Crippen LogP contribution in [0.1, 0.15) is 18.1 Å². The average molecular weight is 480 g/mol. The van der Waals surface area contributed by atoms with E-state index in [9.17, 15) is 18.0 Å². The van der Waals surface area contributed by atoms with Crippen LogP contribution in [0.3, 0.4) is 0 Å². The van der Waals surface area contributed by atoms with Crippen molar-refractivity contribution < 1.29 is 22.7 Å². The minimum absolute atomic E-state index is 0.133. The number of hydrogen-bond acceptors (Lipinski definition) is 6. The molecule has 0 N–H and O–H groups in total. The third kappa shape index (κ3) is 5.79. The van der Waals surface area contributed by atoms with Gasteiger partial charge in [0.2, 0.25) is 0 Å². The molecule has 0 spiro atoms. The van der Waals surface area contributed by atoms with Gasteiger partial charge in [0.15, 0.2) is 6.10 Å². The zero-order valence-electron chi connectivity index (χ0n) is 18.7. The maximum Gasteiger partial charge on any atom is 0.340 e. The monoisotopic (exact) mass is 479 g/mol. The predicted molar refractivity (Wildman–Crippen MR) is 128 cm³/mol. The number of carbonyl (C=O) groups is 2. The summed E-state index contributed by atoms with van der Waals surface area (Å²) in [4.78, 5) is 29.3. The van der Waals surface area contributed by atoms with Crippen molar-refractivity contribution in [3.8, 4) is 0 Å². The van der Waals surface area contributed by atoms with Gasteiger partial charge in [0, 0.05) is 25.8 Å². The highest BCUT2D eigenvalue weighted by atomic mass is 32.2. The zero-order valence-corrected chi connectivity index (χ0v) is 19.5. The summed E-state index contributed by atoms with van der Waals surface area (Å²) in [5.74, 6) is -0.855. The molecular formula is C25H25N3O5S. The molecule has 34 heavy (non-hydrogen) atoms. The van der Waals surface area contributed by atoms with E-state index < -0.39 is 22.1 Å². The van der Waals surface area contributed by atoms with Crippen LogP contribution in [0.5, 0.6) is 0 Å². The van der Waals surface area contributed by atoms with Crippen LogP contribution in [-0.2, 0) is 37.4 Å². The number of nitrogens with zero attached hydrogens (tertiary/aromatic N) is 3. The molecule has 2 aromatic carbocycles. The summed E-state index contributed by atoms with van der Waals surface area (Å²) in [7, 11) is -3.48. The van der Waals surface area contributed by atoms with Gasteiger partial charge in [0.1, 0.15) is 5.84 Å². The first-order valence-electron chi connectivity index (χ1n) is 10.9. The Morgan fingerprint density at radius 3 is 2.18 bits per heavy atom. The van der Waals surface area contributed by atoms with Crippen molar-refractivity contribution in [2.45, 2.75) is 26.1 Å². The fourth-order valence-corrected chi connectivity index (χ4v) is 4.65. The first kappa shape index (κ1) is 23.4. The van der Waals surface area contributed by atoms with Gasteiger partial charge in [-0.1, -0.05) is 60.7 Å². The molecule has 1 unspecified atom stereocenters. The fourth-order valence-electron chi connectivity index (χ4n) is 3.68. The molecule has 0 saturated heterocycles. The molecule has 0 radical (unpaired) electrons. The van der Waals surface area contributed by atoms with Crippen molar-refractivity contribution in [1.29, 1.82) is 0 Å². The number of fused-ring (bicyclic) bond motifs is 1. The van der Waals surface area contributed by atoms with Gasteiger partial charge in [-0.05, 0) is 30.2 Å². The van der Waals surface area contributed by atoms with E-state index in [-0.39, 0.29) is 29.6 Å². The van der Waals surface area contributed by atoms with E-state index in [2.05, 4.69) is 4.40 Å². The van der Waals surface area contributed by atoms with E-state index >= 15 is 0 Å². The number of rotatable bonds is 7. The quantitative estimate of drug-likeness (QED) is 0.567. The van der Waals surface area contributed by atoms with Crippen LogP contribution in [0.25, 0.3) is 0 Å². The van der Waals surface area contributed by atoms with Crippen molar-refractivity contribution >= 4 is 27.7 Å². The normalized spacial score (nSPS) is 17.1. The third-order valence-corrected chi connectivity index (χ3v) is 6.60. The van der Waals surface area contributed by atoms with Gasteiger partial charge in [0.05, 0.1) is 11.3 Å². The Hall–Kier alpha value is -3.72. The molecule has 2 heterocycles. The first-order chi connectivity index (χ1) is 16.3. The number of benzene rings is 2. The highest BCUT2D eigenvalue weighted by Crippen LogP contribution is 2.18. The lowest BCUT2D eigenvalue weighted by atomic mass is 10.1. The average Bonchev–Trinajstić information content (AvgIpc) is 2.83. The minimum atomic E-state index is -3.48. The summed E-state index contributed by atoms with van der Waals surface area (Å²) in [6, 6.07) is 19.2. The highest BCUT2D eigenvalue weighted by molar-refractivity contribution is 7.90. The van der Waals surface area contributed by atoms with E-state index in [1.165, 1.54) is 18.4 Å². The topological polar surface area (TPSA) is 96.3 Å². The number of amidine groups is 1. The molecule has 2 aliphatic heterocycles. The molecule has 0 fully saturated rings. The maximum absolute atomic E-state index is 13.3. The van der Waals surface area contributed by atoms with Crippen LogP contribution in [0.2, 0.25) is 0 Å². The molecule has 4 rings (SSSR count). The standard InChI is InChI=1S/C25H25N3O5S/c1-19(33-25(30)22-12-13-23-26-34(31,32)15-14-27(23)18-22)24(29)28(16-20-8-4-2-5-9-20)17-21-10-6-3-7-11-21/h2-13,18-19H,14-17H2,1H3. The maximum atomic E-state index is 13.3. The summed E-state index contributed by atoms with van der Waals surface area (Å²) in [5.41, 5.74) is 2.15. The molecule has 8 nitrogen and oxygen atoms in total. The van der Waals surface area contributed by atoms with Crippen molar-refractivity contribution in [3.05, 3.63) is 95.7 Å². The van der Waals surface area contributed by atoms with E-state index in [4.69, 9.17) is 4.74 Å². The largest absolute Gasteiger partial charge is 0.449 e. The smallest absolute Gasteiger partial charge is 0.340 e. The summed E-state index contributed by atoms with van der Waals surface area (Å²) < 4.78 is 32.5. The van der Waals surface area contributed by atoms with E-state index in [0.29, 0.717) is 13.1 Å². The molecule has 176 valence electrons. The van der Waals surface area contributed by atoms with Crippen LogP contribution in [0, 0.1) is 0 Å². The number of esters is 1. The van der Waals surface area contributed by atoms with E-state index in [1.54, 1.807) is 16.7 Å². The van der Waals surface area contributed by atoms with E-state index in [1.807, 2.05) is 60.7 Å². The molecule has 2 aromatic rings. The van der Waals surface area contributed by atoms with Crippen LogP contribution in [-0.4, -0.2) is 54.3 Å². The number of carbonyl (C=O) groups excluding carboxylic acids is 2. The molecule has 0 bridgehead atoms. The Bertz CT molecular complexity index is 1210. The van der Waals surface area contributed by atoms with Gasteiger partial charge < -0.3 is 14.5 Å². The number of sulfonamides is 1. The van der Waals surface area contributed by atoms with Crippen LogP contribution in [0.4, 0.5) is 0 Å². The Labute approximate surface area is 198 Å². The zero-order chi connectivity index (χ0) is 24.1. The minimum Gasteiger partial charge on any atom is -0.449 e. The summed E-state index contributed by atoms with van der Waals surface area (Å²) >= 11 is 0. The molecule has 1 atom stereocenters. The van der Waals surface area contributed by atoms with Crippen LogP contribution in [0.15, 0.2) is 89.0 Å². The predicted octanol–water partition coefficient (Wildman–Crippen LogP) is 2.64. The first-order valence-corrected chi connectivity index (χ1v) is 12.5. The SMILES string of the molecule is CC(OC(=O)C1=CN2CCS(=O)(=O)N=C2C=C1)C(=O)N(Cc1ccccc1)Cc1ccccc1. The van der Waals surface area contributed by atoms with Gasteiger partial charge in [-0.15, -0.1) is 4.40 Å². The molecule has 0 aliphatic carbocycles. The Kier molecular flexibility index (Phi) is 6.93. The van der Waals surface area contributed by atoms with Gasteiger partial charge in [-0.2, -0.15) is 0 Å². The van der Waals surface area contributed by atoms with Crippen LogP contribution >= 0.6 is 0 Å². The molecule has 2 aliphatic rings. The van der Waals surface area contributed by atoms with Gasteiger partial charge in [-0.25, -0.2) is 13.2 Å². The second-order valence-corrected chi connectivity index (χ2v) is 9.81. The Morgan fingerprint density at radius 2 is 1.59 bits per heavy atom. The fraction of sp³-hybridized carbons (Fsp3) is 0.240. The number of hydrogen-bond donors (Lipinski definition) is 0. The summed E-state index contributed by atoms with van der Waals surface area (Å²) in [5, 5.41) is 0. The summed E-state index contributed by atoms with van der Waals surface area (Å²) in [6.45, 7) is 2.50. The van der Waals surface area contributed by atoms with Gasteiger partial charge in [-0.3, -0.25) is 4.79 Å². The van der Waals surface area contributed by atoms with Crippen molar-refractivity contribution in [3.63, 3.8) is 0 Å². The lowest BCUT2D eigenvalue weighted by Crippen LogP contribution is -2.40. The van der Waals surface area contributed by atoms with Gasteiger partial charge in [0.25, 0.3) is 15.9 Å². The van der Waals surface area contributed by atoms with Crippen molar-refractivity contribution in [2.24, 2.45) is 4.40 Å². The van der Waals surface area contributed by atoms with E-state index in [0.717, 1.165) is 11.1 Å². The molecule has 1 amide bonds. The lowest BCUT2D eigenvalue weighted by molar-refractivity contribution is -0.156. The van der Waals surface area contributed by atoms with Crippen LogP contribution < -0.4 is 0 Å². The molecular weight excluding hydrogens is 454 g/mol. The second kappa shape index (κ2) is 10.0. The number of ether oxygens (including phenoxy) is 1. The Balaban J connectivity index is 1.46. The van der Waals surface area contributed by atoms with Crippen molar-refractivity contribution in [2.75, 3.05) is 12.3 Å². The van der Waals surface area contributed by atoms with Gasteiger partial charge >= 0.3 is 5.97 Å². The molecule has 0 saturated carbocycles. The van der Waals surface area contributed by atoms with Crippen molar-refractivity contribution in [1.82, 2.24) is 9.80 Å².